The lowest BCUT2D eigenvalue weighted by atomic mass is 9.87. The molecule has 2 aromatic rings. The molecule has 0 saturated carbocycles. The first kappa shape index (κ1) is 22.3. The Bertz CT molecular complexity index is 1130. The number of carbonyl (C=O) groups is 2. The van der Waals surface area contributed by atoms with Gasteiger partial charge in [0, 0.05) is 11.5 Å². The molecule has 32 heavy (non-hydrogen) atoms. The van der Waals surface area contributed by atoms with E-state index in [2.05, 4.69) is 0 Å². The van der Waals surface area contributed by atoms with Crippen molar-refractivity contribution in [2.24, 2.45) is 5.92 Å². The van der Waals surface area contributed by atoms with E-state index in [1.54, 1.807) is 52.8 Å². The van der Waals surface area contributed by atoms with E-state index in [0.717, 1.165) is 0 Å². The summed E-state index contributed by atoms with van der Waals surface area (Å²) in [7, 11) is 0. The Morgan fingerprint density at radius 1 is 1.12 bits per heavy atom. The summed E-state index contributed by atoms with van der Waals surface area (Å²) in [5.74, 6) is -0.985. The predicted octanol–water partition coefficient (Wildman–Crippen LogP) is 3.68. The minimum Gasteiger partial charge on any atom is -0.483 e. The monoisotopic (exact) mass is 444 g/mol. The molecule has 5 unspecified atom stereocenters. The van der Waals surface area contributed by atoms with Crippen LogP contribution >= 0.6 is 0 Å². The van der Waals surface area contributed by atoms with Crippen molar-refractivity contribution in [3.63, 3.8) is 0 Å². The number of hydrogen-bond donors (Lipinski definition) is 0. The highest BCUT2D eigenvalue weighted by Crippen LogP contribution is 2.48. The second kappa shape index (κ2) is 7.62. The van der Waals surface area contributed by atoms with Crippen LogP contribution in [0.4, 0.5) is 0 Å². The van der Waals surface area contributed by atoms with Crippen molar-refractivity contribution < 1.29 is 33.0 Å². The van der Waals surface area contributed by atoms with E-state index < -0.39 is 41.0 Å². The lowest BCUT2D eigenvalue weighted by Crippen LogP contribution is -2.53. The van der Waals surface area contributed by atoms with E-state index in [1.165, 1.54) is 6.07 Å². The van der Waals surface area contributed by atoms with Crippen molar-refractivity contribution in [3.05, 3.63) is 40.2 Å². The molecule has 1 aromatic heterocycles. The van der Waals surface area contributed by atoms with E-state index in [9.17, 15) is 14.4 Å². The van der Waals surface area contributed by atoms with Gasteiger partial charge >= 0.3 is 17.6 Å². The molecule has 0 aliphatic carbocycles. The average Bonchev–Trinajstić information content (AvgIpc) is 3.36. The maximum atomic E-state index is 12.9. The second-order valence-electron chi connectivity index (χ2n) is 9.22. The van der Waals surface area contributed by atoms with Crippen LogP contribution in [0.15, 0.2) is 33.5 Å². The molecule has 172 valence electrons. The van der Waals surface area contributed by atoms with Gasteiger partial charge in [0.1, 0.15) is 16.9 Å². The fourth-order valence-electron chi connectivity index (χ4n) is 3.86. The van der Waals surface area contributed by atoms with Gasteiger partial charge < -0.3 is 23.4 Å². The molecule has 0 radical (unpaired) electrons. The van der Waals surface area contributed by atoms with Gasteiger partial charge in [-0.2, -0.15) is 0 Å². The molecule has 8 heteroatoms. The summed E-state index contributed by atoms with van der Waals surface area (Å²) < 4.78 is 28.9. The lowest BCUT2D eigenvalue weighted by molar-refractivity contribution is -0.195. The fraction of sp³-hybridized carbons (Fsp3) is 0.542. The van der Waals surface area contributed by atoms with Crippen molar-refractivity contribution in [1.82, 2.24) is 0 Å². The highest BCUT2D eigenvalue weighted by molar-refractivity contribution is 5.85. The van der Waals surface area contributed by atoms with Crippen molar-refractivity contribution in [2.45, 2.75) is 77.5 Å². The molecule has 1 saturated heterocycles. The summed E-state index contributed by atoms with van der Waals surface area (Å²) in [5.41, 5.74) is -2.06. The zero-order chi connectivity index (χ0) is 23.4. The largest absolute Gasteiger partial charge is 0.483 e. The van der Waals surface area contributed by atoms with Crippen LogP contribution in [0.25, 0.3) is 11.0 Å². The van der Waals surface area contributed by atoms with Crippen LogP contribution in [0.5, 0.6) is 5.75 Å². The second-order valence-corrected chi connectivity index (χ2v) is 9.22. The molecule has 2 aliphatic rings. The Balaban J connectivity index is 1.85. The van der Waals surface area contributed by atoms with Gasteiger partial charge in [-0.25, -0.2) is 9.59 Å². The molecule has 3 heterocycles. The average molecular weight is 444 g/mol. The molecule has 0 bridgehead atoms. The van der Waals surface area contributed by atoms with Gasteiger partial charge in [0.2, 0.25) is 0 Å². The first-order valence-electron chi connectivity index (χ1n) is 10.8. The highest BCUT2D eigenvalue weighted by atomic mass is 16.7. The van der Waals surface area contributed by atoms with Gasteiger partial charge in [0.15, 0.2) is 17.8 Å². The van der Waals surface area contributed by atoms with Crippen molar-refractivity contribution >= 4 is 22.9 Å². The molecular weight excluding hydrogens is 416 g/mol. The highest BCUT2D eigenvalue weighted by Gasteiger charge is 2.60. The summed E-state index contributed by atoms with van der Waals surface area (Å²) in [4.78, 5) is 37.8. The molecule has 0 amide bonds. The quantitative estimate of drug-likeness (QED) is 0.391. The summed E-state index contributed by atoms with van der Waals surface area (Å²) in [6.45, 7) is 10.6. The predicted molar refractivity (Wildman–Crippen MR) is 114 cm³/mol. The maximum Gasteiger partial charge on any atom is 0.341 e. The fourth-order valence-corrected chi connectivity index (χ4v) is 3.86. The number of rotatable bonds is 5. The van der Waals surface area contributed by atoms with Crippen molar-refractivity contribution in [3.8, 4) is 5.75 Å². The van der Waals surface area contributed by atoms with Gasteiger partial charge in [-0.15, -0.1) is 0 Å². The normalized spacial score (nSPS) is 28.9. The van der Waals surface area contributed by atoms with E-state index in [1.807, 2.05) is 6.92 Å². The van der Waals surface area contributed by atoms with Crippen LogP contribution in [-0.2, 0) is 23.8 Å². The molecule has 2 aliphatic heterocycles. The topological polar surface area (TPSA) is 105 Å². The van der Waals surface area contributed by atoms with Gasteiger partial charge in [-0.05, 0) is 52.3 Å². The zero-order valence-corrected chi connectivity index (χ0v) is 19.1. The first-order valence-corrected chi connectivity index (χ1v) is 10.8. The molecule has 1 fully saturated rings. The Morgan fingerprint density at radius 2 is 1.78 bits per heavy atom. The van der Waals surface area contributed by atoms with Crippen LogP contribution < -0.4 is 10.4 Å². The molecular formula is C24H28O8. The third-order valence-corrected chi connectivity index (χ3v) is 6.44. The van der Waals surface area contributed by atoms with Crippen LogP contribution in [0.1, 0.15) is 59.6 Å². The summed E-state index contributed by atoms with van der Waals surface area (Å²) >= 11 is 0. The molecule has 0 spiro atoms. The Morgan fingerprint density at radius 3 is 2.41 bits per heavy atom. The Labute approximate surface area is 185 Å². The Kier molecular flexibility index (Phi) is 5.32. The number of fused-ring (bicyclic) bond motifs is 3. The molecule has 8 nitrogen and oxygen atoms in total. The van der Waals surface area contributed by atoms with Crippen LogP contribution in [-0.4, -0.2) is 35.3 Å². The van der Waals surface area contributed by atoms with Gasteiger partial charge in [-0.3, -0.25) is 4.79 Å². The summed E-state index contributed by atoms with van der Waals surface area (Å²) in [6, 6.07) is 6.42. The maximum absolute atomic E-state index is 12.9. The lowest BCUT2D eigenvalue weighted by Gasteiger charge is -2.43. The van der Waals surface area contributed by atoms with E-state index in [0.29, 0.717) is 23.1 Å². The summed E-state index contributed by atoms with van der Waals surface area (Å²) in [6.07, 6.45) is -1.74. The van der Waals surface area contributed by atoms with Crippen LogP contribution in [0.2, 0.25) is 0 Å². The smallest absolute Gasteiger partial charge is 0.341 e. The van der Waals surface area contributed by atoms with Crippen molar-refractivity contribution in [1.29, 1.82) is 0 Å². The number of esters is 2. The third kappa shape index (κ3) is 3.66. The van der Waals surface area contributed by atoms with Gasteiger partial charge in [-0.1, -0.05) is 13.8 Å². The molecule has 1 aromatic carbocycles. The number of epoxide rings is 1. The van der Waals surface area contributed by atoms with Gasteiger partial charge in [0.25, 0.3) is 0 Å². The third-order valence-electron chi connectivity index (χ3n) is 6.44. The van der Waals surface area contributed by atoms with Crippen molar-refractivity contribution in [2.75, 3.05) is 0 Å². The van der Waals surface area contributed by atoms with Crippen LogP contribution in [0, 0.1) is 5.92 Å². The van der Waals surface area contributed by atoms with E-state index in [-0.39, 0.29) is 17.6 Å². The van der Waals surface area contributed by atoms with E-state index in [4.69, 9.17) is 23.4 Å². The number of hydrogen-bond acceptors (Lipinski definition) is 8. The molecule has 4 rings (SSSR count). The SMILES string of the molecule is CCC(C)C(=O)OC1c2c(ccc3ccc(=O)oc23)OC(C)(C)C1OC(=O)C1(C)OC1C. The number of ether oxygens (including phenoxy) is 4. The standard InChI is InChI=1S/C24H28O8/c1-7-12(2)21(26)29-19-17-15(10-8-14-9-11-16(25)28-18(14)17)32-23(4,5)20(19)30-22(27)24(6)13(3)31-24/h8-13,19-20H,7H2,1-6H3. The first-order chi connectivity index (χ1) is 15.0. The molecule has 0 N–H and O–H groups in total. The molecule has 5 atom stereocenters. The van der Waals surface area contributed by atoms with Gasteiger partial charge in [0.05, 0.1) is 17.6 Å². The zero-order valence-electron chi connectivity index (χ0n) is 19.1. The summed E-state index contributed by atoms with van der Waals surface area (Å²) in [5, 5.41) is 0.632. The number of carbonyl (C=O) groups excluding carboxylic acids is 2. The minimum absolute atomic E-state index is 0.232. The Hall–Kier alpha value is -2.87. The van der Waals surface area contributed by atoms with Crippen LogP contribution in [0.3, 0.4) is 0 Å². The number of benzene rings is 1. The van der Waals surface area contributed by atoms with E-state index >= 15 is 0 Å². The minimum atomic E-state index is -1.06.